The second-order valence-electron chi connectivity index (χ2n) is 2.15. The fourth-order valence-electron chi connectivity index (χ4n) is 0.268. The lowest BCUT2D eigenvalue weighted by molar-refractivity contribution is 0.363. The minimum Gasteiger partial charge on any atom is -0.413 e. The van der Waals surface area contributed by atoms with E-state index >= 15 is 0 Å². The number of hydrogen-bond donors (Lipinski definition) is 0. The van der Waals surface area contributed by atoms with Crippen LogP contribution < -0.4 is 0 Å². The van der Waals surface area contributed by atoms with Gasteiger partial charge in [0.25, 0.3) is 0 Å². The molecule has 0 amide bonds. The first-order chi connectivity index (χ1) is 3.63. The summed E-state index contributed by atoms with van der Waals surface area (Å²) in [5.41, 5.74) is 1.11. The highest BCUT2D eigenvalue weighted by Gasteiger charge is 1.93. The molecular formula is C6H13OSi. The molecule has 0 rings (SSSR count). The van der Waals surface area contributed by atoms with Gasteiger partial charge in [0.15, 0.2) is 0 Å². The van der Waals surface area contributed by atoms with Crippen molar-refractivity contribution in [3.63, 3.8) is 0 Å². The van der Waals surface area contributed by atoms with Gasteiger partial charge in [0.05, 0.1) is 6.61 Å². The van der Waals surface area contributed by atoms with Crippen LogP contribution in [0.25, 0.3) is 0 Å². The van der Waals surface area contributed by atoms with Crippen molar-refractivity contribution in [2.24, 2.45) is 0 Å². The smallest absolute Gasteiger partial charge is 0.205 e. The lowest BCUT2D eigenvalue weighted by atomic mass is 10.4. The van der Waals surface area contributed by atoms with Crippen LogP contribution >= 0.6 is 0 Å². The molecule has 0 aromatic rings. The Labute approximate surface area is 53.1 Å². The summed E-state index contributed by atoms with van der Waals surface area (Å²) in [6.45, 7) is 10.7. The van der Waals surface area contributed by atoms with Gasteiger partial charge in [0.2, 0.25) is 9.04 Å². The maximum atomic E-state index is 5.31. The predicted molar refractivity (Wildman–Crippen MR) is 38.2 cm³/mol. The van der Waals surface area contributed by atoms with Crippen molar-refractivity contribution in [1.29, 1.82) is 0 Å². The van der Waals surface area contributed by atoms with E-state index < -0.39 is 9.04 Å². The zero-order valence-corrected chi connectivity index (χ0v) is 6.82. The van der Waals surface area contributed by atoms with E-state index in [0.29, 0.717) is 0 Å². The van der Waals surface area contributed by atoms with Crippen LogP contribution in [0.1, 0.15) is 6.92 Å². The summed E-state index contributed by atoms with van der Waals surface area (Å²) in [5.74, 6) is 0. The topological polar surface area (TPSA) is 9.23 Å². The highest BCUT2D eigenvalue weighted by molar-refractivity contribution is 6.48. The second kappa shape index (κ2) is 3.86. The molecule has 0 bridgehead atoms. The Bertz CT molecular complexity index is 78.6. The molecule has 8 heavy (non-hydrogen) atoms. The molecule has 0 heterocycles. The quantitative estimate of drug-likeness (QED) is 0.417. The van der Waals surface area contributed by atoms with Crippen LogP contribution in [0.5, 0.6) is 0 Å². The van der Waals surface area contributed by atoms with Gasteiger partial charge in [-0.3, -0.25) is 0 Å². The predicted octanol–water partition coefficient (Wildman–Crippen LogP) is 1.83. The molecule has 47 valence electrons. The second-order valence-corrected chi connectivity index (χ2v) is 4.26. The zero-order valence-electron chi connectivity index (χ0n) is 5.82. The maximum absolute atomic E-state index is 5.31. The molecule has 0 spiro atoms. The molecule has 0 atom stereocenters. The standard InChI is InChI=1S/C6H13OSi/c1-6(2)5-7-8(3)4/h1,5H2,2-4H3. The van der Waals surface area contributed by atoms with E-state index in [1.807, 2.05) is 6.92 Å². The Kier molecular flexibility index (Phi) is 3.82. The average Bonchev–Trinajstić information content (AvgIpc) is 1.61. The Balaban J connectivity index is 3.05. The van der Waals surface area contributed by atoms with Gasteiger partial charge in [-0.25, -0.2) is 0 Å². The number of rotatable bonds is 3. The van der Waals surface area contributed by atoms with E-state index in [4.69, 9.17) is 4.43 Å². The molecular weight excluding hydrogens is 116 g/mol. The van der Waals surface area contributed by atoms with Crippen LogP contribution in [0.3, 0.4) is 0 Å². The summed E-state index contributed by atoms with van der Waals surface area (Å²) in [7, 11) is -0.491. The van der Waals surface area contributed by atoms with Crippen LogP contribution in [0.4, 0.5) is 0 Å². The van der Waals surface area contributed by atoms with E-state index in [1.165, 1.54) is 0 Å². The molecule has 0 unspecified atom stereocenters. The van der Waals surface area contributed by atoms with Gasteiger partial charge in [-0.15, -0.1) is 0 Å². The average molecular weight is 129 g/mol. The van der Waals surface area contributed by atoms with Crippen LogP contribution in [0.2, 0.25) is 13.1 Å². The van der Waals surface area contributed by atoms with Crippen molar-refractivity contribution in [3.8, 4) is 0 Å². The lowest BCUT2D eigenvalue weighted by Crippen LogP contribution is -2.08. The highest BCUT2D eigenvalue weighted by atomic mass is 28.3. The third kappa shape index (κ3) is 5.92. The molecule has 0 aliphatic carbocycles. The third-order valence-corrected chi connectivity index (χ3v) is 1.33. The highest BCUT2D eigenvalue weighted by Crippen LogP contribution is 1.90. The van der Waals surface area contributed by atoms with Gasteiger partial charge in [0.1, 0.15) is 0 Å². The largest absolute Gasteiger partial charge is 0.413 e. The molecule has 1 radical (unpaired) electrons. The molecule has 0 saturated heterocycles. The Morgan fingerprint density at radius 3 is 2.25 bits per heavy atom. The van der Waals surface area contributed by atoms with Gasteiger partial charge < -0.3 is 4.43 Å². The first-order valence-corrected chi connectivity index (χ1v) is 5.11. The van der Waals surface area contributed by atoms with E-state index in [1.54, 1.807) is 0 Å². The normalized spacial score (nSPS) is 10.0. The van der Waals surface area contributed by atoms with Crippen molar-refractivity contribution in [3.05, 3.63) is 12.2 Å². The molecule has 1 nitrogen and oxygen atoms in total. The molecule has 0 aliphatic heterocycles. The van der Waals surface area contributed by atoms with Crippen LogP contribution in [0.15, 0.2) is 12.2 Å². The first kappa shape index (κ1) is 7.92. The molecule has 0 aromatic carbocycles. The van der Waals surface area contributed by atoms with Gasteiger partial charge >= 0.3 is 0 Å². The molecule has 0 aromatic heterocycles. The van der Waals surface area contributed by atoms with Crippen molar-refractivity contribution in [1.82, 2.24) is 0 Å². The van der Waals surface area contributed by atoms with E-state index in [0.717, 1.165) is 12.2 Å². The number of hydrogen-bond acceptors (Lipinski definition) is 1. The molecule has 0 saturated carbocycles. The van der Waals surface area contributed by atoms with Crippen molar-refractivity contribution in [2.75, 3.05) is 6.61 Å². The summed E-state index contributed by atoms with van der Waals surface area (Å²) in [6, 6.07) is 0. The van der Waals surface area contributed by atoms with Crippen LogP contribution in [-0.4, -0.2) is 15.6 Å². The Morgan fingerprint density at radius 2 is 2.12 bits per heavy atom. The van der Waals surface area contributed by atoms with Gasteiger partial charge in [-0.1, -0.05) is 12.2 Å². The SMILES string of the molecule is C=C(C)CO[Si](C)C. The summed E-state index contributed by atoms with van der Waals surface area (Å²) in [5, 5.41) is 0. The van der Waals surface area contributed by atoms with Crippen LogP contribution in [0, 0.1) is 0 Å². The molecule has 2 heteroatoms. The summed E-state index contributed by atoms with van der Waals surface area (Å²) in [6.07, 6.45) is 0. The minimum atomic E-state index is -0.491. The van der Waals surface area contributed by atoms with E-state index in [9.17, 15) is 0 Å². The first-order valence-electron chi connectivity index (χ1n) is 2.70. The van der Waals surface area contributed by atoms with E-state index in [2.05, 4.69) is 19.7 Å². The Hall–Kier alpha value is -0.0831. The monoisotopic (exact) mass is 129 g/mol. The van der Waals surface area contributed by atoms with Crippen molar-refractivity contribution in [2.45, 2.75) is 20.0 Å². The fraction of sp³-hybridized carbons (Fsp3) is 0.667. The van der Waals surface area contributed by atoms with E-state index in [-0.39, 0.29) is 0 Å². The van der Waals surface area contributed by atoms with Crippen molar-refractivity contribution >= 4 is 9.04 Å². The van der Waals surface area contributed by atoms with Crippen LogP contribution in [-0.2, 0) is 4.43 Å². The summed E-state index contributed by atoms with van der Waals surface area (Å²) in [4.78, 5) is 0. The molecule has 0 fully saturated rings. The molecule has 0 N–H and O–H groups in total. The fourth-order valence-corrected chi connectivity index (χ4v) is 0.803. The zero-order chi connectivity index (χ0) is 6.57. The maximum Gasteiger partial charge on any atom is 0.205 e. The third-order valence-electron chi connectivity index (χ3n) is 0.607. The van der Waals surface area contributed by atoms with Crippen molar-refractivity contribution < 1.29 is 4.43 Å². The minimum absolute atomic E-state index is 0.491. The lowest BCUT2D eigenvalue weighted by Gasteiger charge is -2.03. The summed E-state index contributed by atoms with van der Waals surface area (Å²) < 4.78 is 5.31. The Morgan fingerprint density at radius 1 is 1.62 bits per heavy atom. The molecule has 0 aliphatic rings. The van der Waals surface area contributed by atoms with Gasteiger partial charge in [-0.2, -0.15) is 0 Å². The van der Waals surface area contributed by atoms with Gasteiger partial charge in [0, 0.05) is 0 Å². The van der Waals surface area contributed by atoms with Gasteiger partial charge in [-0.05, 0) is 20.0 Å². The summed E-state index contributed by atoms with van der Waals surface area (Å²) >= 11 is 0.